The molecule has 1 aromatic heterocycles. The number of benzene rings is 2. The van der Waals surface area contributed by atoms with Gasteiger partial charge in [-0.3, -0.25) is 4.79 Å². The van der Waals surface area contributed by atoms with Crippen molar-refractivity contribution in [1.82, 2.24) is 4.98 Å². The molecule has 1 heterocycles. The lowest BCUT2D eigenvalue weighted by Gasteiger charge is -2.12. The number of rotatable bonds is 5. The topological polar surface area (TPSA) is 77.5 Å². The highest BCUT2D eigenvalue weighted by atomic mass is 35.5. The Kier molecular flexibility index (Phi) is 5.70. The van der Waals surface area contributed by atoms with Crippen LogP contribution in [-0.4, -0.2) is 30.6 Å². The summed E-state index contributed by atoms with van der Waals surface area (Å²) in [7, 11) is 1.21. The van der Waals surface area contributed by atoms with Crippen molar-refractivity contribution < 1.29 is 27.8 Å². The van der Waals surface area contributed by atoms with Crippen LogP contribution in [0.25, 0.3) is 10.9 Å². The maximum absolute atomic E-state index is 13.6. The van der Waals surface area contributed by atoms with Gasteiger partial charge in [0.1, 0.15) is 17.4 Å². The molecule has 144 valence electrons. The summed E-state index contributed by atoms with van der Waals surface area (Å²) in [6.07, 6.45) is 0. The zero-order valence-electron chi connectivity index (χ0n) is 14.5. The van der Waals surface area contributed by atoms with E-state index in [1.165, 1.54) is 13.2 Å². The largest absolute Gasteiger partial charge is 0.483 e. The number of pyridine rings is 1. The first kappa shape index (κ1) is 19.5. The molecule has 3 aromatic rings. The van der Waals surface area contributed by atoms with Crippen molar-refractivity contribution in [3.63, 3.8) is 0 Å². The highest BCUT2D eigenvalue weighted by molar-refractivity contribution is 6.31. The van der Waals surface area contributed by atoms with Crippen LogP contribution in [0.5, 0.6) is 5.75 Å². The van der Waals surface area contributed by atoms with Gasteiger partial charge in [-0.1, -0.05) is 11.6 Å². The number of ether oxygens (including phenoxy) is 2. The quantitative estimate of drug-likeness (QED) is 0.649. The Hall–Kier alpha value is -3.26. The number of hydrogen-bond acceptors (Lipinski definition) is 5. The van der Waals surface area contributed by atoms with E-state index in [-0.39, 0.29) is 17.1 Å². The fraction of sp³-hybridized carbons (Fsp3) is 0.105. The average Bonchev–Trinajstić information content (AvgIpc) is 2.67. The van der Waals surface area contributed by atoms with E-state index in [0.29, 0.717) is 22.0 Å². The second-order valence-electron chi connectivity index (χ2n) is 5.62. The van der Waals surface area contributed by atoms with E-state index in [0.717, 1.165) is 12.1 Å². The molecule has 0 unspecified atom stereocenters. The van der Waals surface area contributed by atoms with E-state index in [1.807, 2.05) is 0 Å². The van der Waals surface area contributed by atoms with Crippen LogP contribution in [0.4, 0.5) is 14.5 Å². The number of aromatic nitrogens is 1. The van der Waals surface area contributed by atoms with Crippen molar-refractivity contribution >= 4 is 40.1 Å². The second-order valence-corrected chi connectivity index (χ2v) is 6.06. The van der Waals surface area contributed by atoms with Gasteiger partial charge in [0.15, 0.2) is 12.3 Å². The fourth-order valence-corrected chi connectivity index (χ4v) is 2.59. The van der Waals surface area contributed by atoms with E-state index in [4.69, 9.17) is 16.3 Å². The minimum absolute atomic E-state index is 0.0164. The van der Waals surface area contributed by atoms with Crippen molar-refractivity contribution in [2.45, 2.75) is 0 Å². The van der Waals surface area contributed by atoms with Gasteiger partial charge in [-0.05, 0) is 30.3 Å². The van der Waals surface area contributed by atoms with Crippen LogP contribution in [0, 0.1) is 11.6 Å². The normalized spacial score (nSPS) is 10.6. The molecule has 0 bridgehead atoms. The standard InChI is InChI=1S/C19H13ClF2N2O4/c1-27-19(26)16-8-17(12-6-10(20)2-4-14(12)23-16)28-9-18(25)24-15-5-3-11(21)7-13(15)22/h2-8H,9H2,1H3,(H,24,25). The molecule has 3 rings (SSSR count). The lowest BCUT2D eigenvalue weighted by molar-refractivity contribution is -0.118. The summed E-state index contributed by atoms with van der Waals surface area (Å²) in [5, 5.41) is 3.16. The van der Waals surface area contributed by atoms with Crippen molar-refractivity contribution in [3.05, 3.63) is 64.8 Å². The minimum atomic E-state index is -0.914. The molecule has 0 fully saturated rings. The molecule has 0 saturated carbocycles. The number of carbonyl (C=O) groups excluding carboxylic acids is 2. The van der Waals surface area contributed by atoms with E-state index in [1.54, 1.807) is 18.2 Å². The van der Waals surface area contributed by atoms with E-state index >= 15 is 0 Å². The first-order valence-corrected chi connectivity index (χ1v) is 8.31. The first-order chi connectivity index (χ1) is 13.4. The Morgan fingerprint density at radius 1 is 1.14 bits per heavy atom. The van der Waals surface area contributed by atoms with Gasteiger partial charge in [-0.2, -0.15) is 0 Å². The smallest absolute Gasteiger partial charge is 0.356 e. The van der Waals surface area contributed by atoms with Crippen molar-refractivity contribution in [3.8, 4) is 5.75 Å². The maximum atomic E-state index is 13.6. The molecule has 1 amide bonds. The number of halogens is 3. The third kappa shape index (κ3) is 4.34. The Morgan fingerprint density at radius 2 is 1.93 bits per heavy atom. The number of amides is 1. The number of anilines is 1. The summed E-state index contributed by atoms with van der Waals surface area (Å²) in [6.45, 7) is -0.497. The van der Waals surface area contributed by atoms with Gasteiger partial charge in [0, 0.05) is 22.5 Å². The predicted octanol–water partition coefficient (Wildman–Crippen LogP) is 3.97. The van der Waals surface area contributed by atoms with Crippen molar-refractivity contribution in [2.75, 3.05) is 19.0 Å². The summed E-state index contributed by atoms with van der Waals surface area (Å²) in [4.78, 5) is 28.0. The Bertz CT molecular complexity index is 1080. The lowest BCUT2D eigenvalue weighted by atomic mass is 10.2. The zero-order valence-corrected chi connectivity index (χ0v) is 15.2. The van der Waals surface area contributed by atoms with Crippen LogP contribution >= 0.6 is 11.6 Å². The number of carbonyl (C=O) groups is 2. The maximum Gasteiger partial charge on any atom is 0.356 e. The summed E-state index contributed by atoms with van der Waals surface area (Å²) < 4.78 is 36.7. The molecule has 0 radical (unpaired) electrons. The summed E-state index contributed by atoms with van der Waals surface area (Å²) >= 11 is 5.99. The average molecular weight is 407 g/mol. The number of fused-ring (bicyclic) bond motifs is 1. The summed E-state index contributed by atoms with van der Waals surface area (Å²) in [5.41, 5.74) is 0.206. The zero-order chi connectivity index (χ0) is 20.3. The van der Waals surface area contributed by atoms with Crippen LogP contribution < -0.4 is 10.1 Å². The van der Waals surface area contributed by atoms with Gasteiger partial charge in [-0.25, -0.2) is 18.6 Å². The molecule has 2 aromatic carbocycles. The lowest BCUT2D eigenvalue weighted by Crippen LogP contribution is -2.21. The highest BCUT2D eigenvalue weighted by Crippen LogP contribution is 2.28. The van der Waals surface area contributed by atoms with E-state index in [9.17, 15) is 18.4 Å². The van der Waals surface area contributed by atoms with Crippen molar-refractivity contribution in [2.24, 2.45) is 0 Å². The summed E-state index contributed by atoms with van der Waals surface area (Å²) in [5.74, 6) is -2.87. The number of nitrogens with zero attached hydrogens (tertiary/aromatic N) is 1. The van der Waals surface area contributed by atoms with Gasteiger partial charge in [0.2, 0.25) is 0 Å². The first-order valence-electron chi connectivity index (χ1n) is 7.93. The molecular formula is C19H13ClF2N2O4. The molecule has 0 spiro atoms. The molecule has 0 aliphatic rings. The molecule has 6 nitrogen and oxygen atoms in total. The Balaban J connectivity index is 1.83. The van der Waals surface area contributed by atoms with Crippen LogP contribution in [0.2, 0.25) is 5.02 Å². The molecule has 1 N–H and O–H groups in total. The summed E-state index contributed by atoms with van der Waals surface area (Å²) in [6, 6.07) is 8.82. The van der Waals surface area contributed by atoms with Gasteiger partial charge < -0.3 is 14.8 Å². The minimum Gasteiger partial charge on any atom is -0.483 e. The molecule has 0 atom stereocenters. The third-order valence-electron chi connectivity index (χ3n) is 3.69. The Labute approximate surface area is 163 Å². The molecule has 28 heavy (non-hydrogen) atoms. The molecule has 0 saturated heterocycles. The van der Waals surface area contributed by atoms with Crippen LogP contribution in [-0.2, 0) is 9.53 Å². The Morgan fingerprint density at radius 3 is 2.64 bits per heavy atom. The number of esters is 1. The van der Waals surface area contributed by atoms with Gasteiger partial charge in [-0.15, -0.1) is 0 Å². The molecule has 9 heteroatoms. The molecular weight excluding hydrogens is 394 g/mol. The molecule has 0 aliphatic carbocycles. The number of hydrogen-bond donors (Lipinski definition) is 1. The SMILES string of the molecule is COC(=O)c1cc(OCC(=O)Nc2ccc(F)cc2F)c2cc(Cl)ccc2n1. The highest BCUT2D eigenvalue weighted by Gasteiger charge is 2.15. The number of methoxy groups -OCH3 is 1. The van der Waals surface area contributed by atoms with E-state index < -0.39 is 30.1 Å². The fourth-order valence-electron chi connectivity index (χ4n) is 2.42. The monoisotopic (exact) mass is 406 g/mol. The molecule has 0 aliphatic heterocycles. The second kappa shape index (κ2) is 8.18. The van der Waals surface area contributed by atoms with Gasteiger partial charge in [0.05, 0.1) is 18.3 Å². The van der Waals surface area contributed by atoms with Gasteiger partial charge >= 0.3 is 5.97 Å². The van der Waals surface area contributed by atoms with Crippen molar-refractivity contribution in [1.29, 1.82) is 0 Å². The van der Waals surface area contributed by atoms with Crippen LogP contribution in [0.15, 0.2) is 42.5 Å². The van der Waals surface area contributed by atoms with E-state index in [2.05, 4.69) is 15.0 Å². The van der Waals surface area contributed by atoms with Gasteiger partial charge in [0.25, 0.3) is 5.91 Å². The predicted molar refractivity (Wildman–Crippen MR) is 98.6 cm³/mol. The van der Waals surface area contributed by atoms with Crippen LogP contribution in [0.3, 0.4) is 0 Å². The number of nitrogens with one attached hydrogen (secondary N) is 1. The third-order valence-corrected chi connectivity index (χ3v) is 3.93. The van der Waals surface area contributed by atoms with Crippen LogP contribution in [0.1, 0.15) is 10.5 Å².